The van der Waals surface area contributed by atoms with Crippen molar-refractivity contribution in [3.05, 3.63) is 57.4 Å². The van der Waals surface area contributed by atoms with Crippen LogP contribution in [0.25, 0.3) is 22.3 Å². The lowest BCUT2D eigenvalue weighted by atomic mass is 9.85. The topological polar surface area (TPSA) is 126 Å². The van der Waals surface area contributed by atoms with E-state index in [-0.39, 0.29) is 37.1 Å². The van der Waals surface area contributed by atoms with E-state index in [9.17, 15) is 19.2 Å². The van der Waals surface area contributed by atoms with Crippen molar-refractivity contribution in [2.24, 2.45) is 0 Å². The number of fused-ring (bicyclic) bond motifs is 5. The number of para-hydroxylation sites is 1. The van der Waals surface area contributed by atoms with E-state index in [0.717, 1.165) is 16.5 Å². The highest BCUT2D eigenvalue weighted by molar-refractivity contribution is 6.90. The number of hydrogen-bond donors (Lipinski definition) is 1. The van der Waals surface area contributed by atoms with Crippen molar-refractivity contribution >= 4 is 42.2 Å². The number of cyclic esters (lactones) is 1. The molecule has 2 aliphatic rings. The first kappa shape index (κ1) is 29.5. The summed E-state index contributed by atoms with van der Waals surface area (Å²) in [5.41, 5.74) is 0.999. The Kier molecular flexibility index (Phi) is 7.29. The first-order valence-electron chi connectivity index (χ1n) is 14.2. The van der Waals surface area contributed by atoms with Gasteiger partial charge in [-0.15, -0.1) is 0 Å². The molecule has 3 aromatic rings. The van der Waals surface area contributed by atoms with Crippen molar-refractivity contribution in [1.82, 2.24) is 14.9 Å². The third-order valence-corrected chi connectivity index (χ3v) is 9.67. The zero-order valence-corrected chi connectivity index (χ0v) is 26.2. The van der Waals surface area contributed by atoms with Gasteiger partial charge in [0.05, 0.1) is 43.5 Å². The van der Waals surface area contributed by atoms with E-state index in [2.05, 4.69) is 31.0 Å². The van der Waals surface area contributed by atoms with Crippen molar-refractivity contribution in [1.29, 1.82) is 0 Å². The zero-order chi connectivity index (χ0) is 30.6. The average molecular weight is 592 g/mol. The van der Waals surface area contributed by atoms with Crippen LogP contribution in [0.5, 0.6) is 0 Å². The molecule has 0 saturated carbocycles. The number of rotatable bonds is 6. The maximum atomic E-state index is 13.9. The van der Waals surface area contributed by atoms with Gasteiger partial charge in [-0.1, -0.05) is 44.8 Å². The smallest absolute Gasteiger partial charge is 0.407 e. The molecular formula is C31H37N3O7Si. The van der Waals surface area contributed by atoms with Crippen LogP contribution in [0.2, 0.25) is 19.6 Å². The van der Waals surface area contributed by atoms with Crippen LogP contribution in [0.15, 0.2) is 35.1 Å². The number of carbonyl (C=O) groups is 3. The summed E-state index contributed by atoms with van der Waals surface area (Å²) in [5.74, 6) is -1.45. The fourth-order valence-corrected chi connectivity index (χ4v) is 7.99. The molecule has 10 nitrogen and oxygen atoms in total. The van der Waals surface area contributed by atoms with Crippen LogP contribution >= 0.6 is 0 Å². The lowest BCUT2D eigenvalue weighted by Gasteiger charge is -2.35. The predicted octanol–water partition coefficient (Wildman–Crippen LogP) is 4.09. The highest BCUT2D eigenvalue weighted by Gasteiger charge is 2.50. The highest BCUT2D eigenvalue weighted by atomic mass is 28.3. The molecule has 1 aromatic carbocycles. The Balaban J connectivity index is 1.54. The van der Waals surface area contributed by atoms with Crippen molar-refractivity contribution in [2.75, 3.05) is 6.54 Å². The molecule has 0 fully saturated rings. The fourth-order valence-electron chi connectivity index (χ4n) is 5.87. The summed E-state index contributed by atoms with van der Waals surface area (Å²) >= 11 is 0. The molecule has 4 heterocycles. The van der Waals surface area contributed by atoms with E-state index < -0.39 is 37.3 Å². The molecule has 5 rings (SSSR count). The van der Waals surface area contributed by atoms with Crippen LogP contribution in [0.4, 0.5) is 4.79 Å². The molecule has 1 atom stereocenters. The minimum absolute atomic E-state index is 0.0495. The maximum absolute atomic E-state index is 13.9. The van der Waals surface area contributed by atoms with Gasteiger partial charge in [-0.3, -0.25) is 9.59 Å². The second kappa shape index (κ2) is 10.4. The summed E-state index contributed by atoms with van der Waals surface area (Å²) in [6.07, 6.45) is -0.808. The molecule has 1 amide bonds. The van der Waals surface area contributed by atoms with Gasteiger partial charge < -0.3 is 24.1 Å². The number of carbonyl (C=O) groups excluding carboxylic acids is 3. The van der Waals surface area contributed by atoms with E-state index in [1.807, 2.05) is 18.2 Å². The molecule has 1 N–H and O–H groups in total. The highest BCUT2D eigenvalue weighted by Crippen LogP contribution is 2.41. The van der Waals surface area contributed by atoms with Gasteiger partial charge in [-0.2, -0.15) is 0 Å². The van der Waals surface area contributed by atoms with Crippen molar-refractivity contribution in [3.8, 4) is 11.4 Å². The first-order valence-corrected chi connectivity index (χ1v) is 17.7. The third kappa shape index (κ3) is 5.10. The largest absolute Gasteiger partial charge is 0.457 e. The molecule has 0 spiro atoms. The summed E-state index contributed by atoms with van der Waals surface area (Å²) in [5, 5.41) is 4.86. The minimum atomic E-state index is -1.89. The number of pyridine rings is 2. The number of alkyl carbamates (subject to hydrolysis) is 1. The molecule has 222 valence electrons. The Labute approximate surface area is 245 Å². The minimum Gasteiger partial charge on any atom is -0.457 e. The zero-order valence-electron chi connectivity index (χ0n) is 25.2. The second-order valence-corrected chi connectivity index (χ2v) is 17.8. The second-order valence-electron chi connectivity index (χ2n) is 12.8. The summed E-state index contributed by atoms with van der Waals surface area (Å²) in [7, 11) is -1.89. The maximum Gasteiger partial charge on any atom is 0.407 e. The number of ether oxygens (including phenoxy) is 3. The summed E-state index contributed by atoms with van der Waals surface area (Å²) in [6, 6.07) is 9.77. The molecule has 0 aliphatic carbocycles. The van der Waals surface area contributed by atoms with E-state index in [0.29, 0.717) is 23.5 Å². The molecular weight excluding hydrogens is 554 g/mol. The van der Waals surface area contributed by atoms with Gasteiger partial charge in [0.15, 0.2) is 0 Å². The average Bonchev–Trinajstić information content (AvgIpc) is 3.25. The summed E-state index contributed by atoms with van der Waals surface area (Å²) < 4.78 is 18.2. The van der Waals surface area contributed by atoms with Gasteiger partial charge >= 0.3 is 18.0 Å². The van der Waals surface area contributed by atoms with Gasteiger partial charge in [-0.25, -0.2) is 14.6 Å². The van der Waals surface area contributed by atoms with Crippen molar-refractivity contribution in [3.63, 3.8) is 0 Å². The molecule has 2 aliphatic heterocycles. The number of nitrogens with zero attached hydrogens (tertiary/aromatic N) is 2. The van der Waals surface area contributed by atoms with Crippen LogP contribution in [0.1, 0.15) is 57.2 Å². The molecule has 0 radical (unpaired) electrons. The van der Waals surface area contributed by atoms with Gasteiger partial charge in [0.2, 0.25) is 5.60 Å². The Morgan fingerprint density at radius 2 is 1.86 bits per heavy atom. The number of nitrogens with one attached hydrogen (secondary N) is 1. The van der Waals surface area contributed by atoms with Gasteiger partial charge in [-0.05, 0) is 55.5 Å². The van der Waals surface area contributed by atoms with E-state index in [1.54, 1.807) is 38.3 Å². The SMILES string of the molecule is CC[C@@]1(OC(=O)CCNC(=O)OC(C)(C)C)C(=O)OCc2c1cc1n(c2=O)Cc2c-1nc1ccccc1c2[Si](C)(C)C. The fraction of sp³-hybridized carbons (Fsp3) is 0.452. The first-order chi connectivity index (χ1) is 19.7. The van der Waals surface area contributed by atoms with Crippen LogP contribution in [0.3, 0.4) is 0 Å². The predicted molar refractivity (Wildman–Crippen MR) is 160 cm³/mol. The summed E-state index contributed by atoms with van der Waals surface area (Å²) in [4.78, 5) is 57.2. The summed E-state index contributed by atoms with van der Waals surface area (Å²) in [6.45, 7) is 13.9. The third-order valence-electron chi connectivity index (χ3n) is 7.60. The Hall–Kier alpha value is -3.99. The van der Waals surface area contributed by atoms with Crippen molar-refractivity contribution in [2.45, 2.75) is 84.5 Å². The number of aromatic nitrogens is 2. The molecule has 0 bridgehead atoms. The van der Waals surface area contributed by atoms with Crippen molar-refractivity contribution < 1.29 is 28.6 Å². The van der Waals surface area contributed by atoms with Gasteiger partial charge in [0.25, 0.3) is 5.56 Å². The van der Waals surface area contributed by atoms with E-state index >= 15 is 0 Å². The Morgan fingerprint density at radius 1 is 1.14 bits per heavy atom. The van der Waals surface area contributed by atoms with Crippen LogP contribution in [-0.4, -0.2) is 47.8 Å². The molecule has 42 heavy (non-hydrogen) atoms. The van der Waals surface area contributed by atoms with Crippen LogP contribution in [-0.2, 0) is 42.6 Å². The van der Waals surface area contributed by atoms with Gasteiger partial charge in [0.1, 0.15) is 12.2 Å². The Morgan fingerprint density at radius 3 is 2.52 bits per heavy atom. The van der Waals surface area contributed by atoms with Gasteiger partial charge in [0, 0.05) is 12.1 Å². The Bertz CT molecular complexity index is 1680. The number of hydrogen-bond acceptors (Lipinski definition) is 8. The van der Waals surface area contributed by atoms with E-state index in [1.165, 1.54) is 5.19 Å². The quantitative estimate of drug-likeness (QED) is 0.202. The molecule has 0 unspecified atom stereocenters. The number of esters is 2. The molecule has 11 heteroatoms. The van der Waals surface area contributed by atoms with E-state index in [4.69, 9.17) is 19.2 Å². The molecule has 0 saturated heterocycles. The van der Waals surface area contributed by atoms with Crippen LogP contribution < -0.4 is 16.1 Å². The van der Waals surface area contributed by atoms with Crippen LogP contribution in [0, 0.1) is 0 Å². The lowest BCUT2D eigenvalue weighted by molar-refractivity contribution is -0.189. The molecule has 2 aromatic heterocycles. The lowest BCUT2D eigenvalue weighted by Crippen LogP contribution is -2.47. The normalized spacial score (nSPS) is 17.6. The monoisotopic (exact) mass is 591 g/mol. The number of amides is 1. The standard InChI is InChI=1S/C31H37N3O7Si/c1-8-31(40-24(35)13-14-32-29(38)41-30(2,3)4)21-15-23-25-19(16-34(23)27(36)20(21)17-39-28(31)37)26(42(5,6)7)18-11-9-10-12-22(18)33-25/h9-12,15H,8,13-14,16-17H2,1-7H3,(H,32,38)/t31-/m0/s1. The number of benzene rings is 1.